The molecule has 1 amide bonds. The van der Waals surface area contributed by atoms with E-state index in [1.807, 2.05) is 0 Å². The number of amides is 1. The van der Waals surface area contributed by atoms with E-state index in [2.05, 4.69) is 10.1 Å². The molecule has 30 heavy (non-hydrogen) atoms. The summed E-state index contributed by atoms with van der Waals surface area (Å²) in [4.78, 5) is 31.4. The first-order chi connectivity index (χ1) is 14.3. The number of pyridine rings is 1. The highest BCUT2D eigenvalue weighted by Crippen LogP contribution is 2.33. The van der Waals surface area contributed by atoms with Crippen LogP contribution in [0, 0.1) is 6.92 Å². The molecule has 9 heteroatoms. The summed E-state index contributed by atoms with van der Waals surface area (Å²) in [5.41, 5.74) is -0.741. The van der Waals surface area contributed by atoms with Gasteiger partial charge in [0.2, 0.25) is 5.43 Å². The Bertz CT molecular complexity index is 1190. The summed E-state index contributed by atoms with van der Waals surface area (Å²) >= 11 is 0. The number of hydrogen-bond donors (Lipinski definition) is 0. The van der Waals surface area contributed by atoms with Gasteiger partial charge in [-0.3, -0.25) is 14.6 Å². The van der Waals surface area contributed by atoms with Gasteiger partial charge < -0.3 is 4.90 Å². The van der Waals surface area contributed by atoms with E-state index in [0.717, 1.165) is 22.5 Å². The molecule has 2 aromatic heterocycles. The predicted octanol–water partition coefficient (Wildman–Crippen LogP) is 3.55. The number of halogens is 3. The summed E-state index contributed by atoms with van der Waals surface area (Å²) in [5, 5.41) is 4.06. The molecule has 0 radical (unpaired) electrons. The van der Waals surface area contributed by atoms with E-state index in [1.54, 1.807) is 18.3 Å². The molecule has 0 N–H and O–H groups in total. The van der Waals surface area contributed by atoms with Gasteiger partial charge in [0.05, 0.1) is 22.6 Å². The first kappa shape index (κ1) is 19.8. The highest BCUT2D eigenvalue weighted by atomic mass is 19.4. The molecule has 1 aliphatic heterocycles. The van der Waals surface area contributed by atoms with Crippen molar-refractivity contribution in [2.75, 3.05) is 11.4 Å². The Morgan fingerprint density at radius 2 is 1.83 bits per heavy atom. The van der Waals surface area contributed by atoms with E-state index in [9.17, 15) is 22.8 Å². The van der Waals surface area contributed by atoms with Gasteiger partial charge >= 0.3 is 6.18 Å². The van der Waals surface area contributed by atoms with E-state index < -0.39 is 28.8 Å². The zero-order chi connectivity index (χ0) is 21.5. The fraction of sp³-hybridized carbons (Fsp3) is 0.238. The third-order valence-electron chi connectivity index (χ3n) is 4.95. The molecule has 0 saturated carbocycles. The molecule has 0 aliphatic carbocycles. The Morgan fingerprint density at radius 3 is 2.60 bits per heavy atom. The molecule has 0 spiro atoms. The number of aromatic nitrogens is 3. The van der Waals surface area contributed by atoms with Crippen molar-refractivity contribution in [3.8, 4) is 5.69 Å². The smallest absolute Gasteiger partial charge is 0.305 e. The molecule has 0 fully saturated rings. The molecule has 3 aromatic rings. The molecular weight excluding hydrogens is 397 g/mol. The second kappa shape index (κ2) is 7.40. The van der Waals surface area contributed by atoms with Crippen LogP contribution in [0.2, 0.25) is 0 Å². The van der Waals surface area contributed by atoms with Gasteiger partial charge in [0.25, 0.3) is 5.91 Å². The maximum Gasteiger partial charge on any atom is 0.418 e. The van der Waals surface area contributed by atoms with Gasteiger partial charge in [-0.25, -0.2) is 4.68 Å². The molecular formula is C21H17F3N4O2. The lowest BCUT2D eigenvalue weighted by molar-refractivity contribution is -0.137. The quantitative estimate of drug-likeness (QED) is 0.643. The van der Waals surface area contributed by atoms with E-state index in [0.29, 0.717) is 25.1 Å². The van der Waals surface area contributed by atoms with Gasteiger partial charge in [-0.05, 0) is 44.0 Å². The predicted molar refractivity (Wildman–Crippen MR) is 104 cm³/mol. The number of nitrogens with zero attached hydrogens (tertiary/aromatic N) is 4. The van der Waals surface area contributed by atoms with Crippen molar-refractivity contribution in [2.24, 2.45) is 0 Å². The van der Waals surface area contributed by atoms with Crippen LogP contribution in [0.4, 0.5) is 18.9 Å². The molecule has 154 valence electrons. The molecule has 1 aliphatic rings. The van der Waals surface area contributed by atoms with Crippen molar-refractivity contribution in [1.82, 2.24) is 14.8 Å². The first-order valence-corrected chi connectivity index (χ1v) is 9.30. The van der Waals surface area contributed by atoms with E-state index in [1.165, 1.54) is 30.0 Å². The molecule has 0 atom stereocenters. The van der Waals surface area contributed by atoms with E-state index in [4.69, 9.17) is 0 Å². The summed E-state index contributed by atoms with van der Waals surface area (Å²) in [7, 11) is 0. The van der Waals surface area contributed by atoms with Gasteiger partial charge in [0.1, 0.15) is 0 Å². The number of aryl methyl sites for hydroxylation is 2. The summed E-state index contributed by atoms with van der Waals surface area (Å²) in [5.74, 6) is -0.660. The maximum absolute atomic E-state index is 13.5. The molecule has 4 rings (SSSR count). The summed E-state index contributed by atoms with van der Waals surface area (Å²) in [6.45, 7) is 1.83. The normalized spacial score (nSPS) is 13.8. The van der Waals surface area contributed by atoms with E-state index in [-0.39, 0.29) is 11.4 Å². The Hall–Kier alpha value is -3.49. The van der Waals surface area contributed by atoms with Crippen molar-refractivity contribution in [1.29, 1.82) is 0 Å². The number of para-hydroxylation sites is 1. The lowest BCUT2D eigenvalue weighted by Gasteiger charge is -2.28. The standard InChI is InChI=1S/C21H17F3N4O2/c1-13-12-18(29)19(20(30)27-11-5-7-15-17(27)9-4-10-25-15)26-28(13)16-8-3-2-6-14(16)21(22,23)24/h2-4,6,8-10,12H,5,7,11H2,1H3. The number of anilines is 1. The number of hydrogen-bond acceptors (Lipinski definition) is 4. The van der Waals surface area contributed by atoms with Crippen LogP contribution in [0.25, 0.3) is 5.69 Å². The average Bonchev–Trinajstić information content (AvgIpc) is 2.72. The highest BCUT2D eigenvalue weighted by molar-refractivity contribution is 6.05. The summed E-state index contributed by atoms with van der Waals surface area (Å²) in [6.07, 6.45) is -1.63. The van der Waals surface area contributed by atoms with Gasteiger partial charge in [0.15, 0.2) is 5.69 Å². The number of rotatable bonds is 2. The zero-order valence-electron chi connectivity index (χ0n) is 16.0. The number of alkyl halides is 3. The third-order valence-corrected chi connectivity index (χ3v) is 4.95. The highest BCUT2D eigenvalue weighted by Gasteiger charge is 2.34. The molecule has 0 unspecified atom stereocenters. The van der Waals surface area contributed by atoms with Crippen molar-refractivity contribution in [2.45, 2.75) is 25.9 Å². The van der Waals surface area contributed by atoms with Crippen LogP contribution in [0.3, 0.4) is 0 Å². The van der Waals surface area contributed by atoms with Crippen LogP contribution >= 0.6 is 0 Å². The number of carbonyl (C=O) groups excluding carboxylic acids is 1. The molecule has 0 saturated heterocycles. The second-order valence-electron chi connectivity index (χ2n) is 6.95. The zero-order valence-corrected chi connectivity index (χ0v) is 16.0. The SMILES string of the molecule is Cc1cc(=O)c(C(=O)N2CCCc3ncccc32)nn1-c1ccccc1C(F)(F)F. The van der Waals surface area contributed by atoms with E-state index >= 15 is 0 Å². The molecule has 0 bridgehead atoms. The number of fused-ring (bicyclic) bond motifs is 1. The number of carbonyl (C=O) groups is 1. The fourth-order valence-electron chi connectivity index (χ4n) is 3.57. The minimum Gasteiger partial charge on any atom is -0.305 e. The first-order valence-electron chi connectivity index (χ1n) is 9.30. The monoisotopic (exact) mass is 414 g/mol. The summed E-state index contributed by atoms with van der Waals surface area (Å²) < 4.78 is 41.4. The Labute approximate surface area is 169 Å². The molecule has 3 heterocycles. The van der Waals surface area contributed by atoms with Crippen LogP contribution in [-0.2, 0) is 12.6 Å². The second-order valence-corrected chi connectivity index (χ2v) is 6.95. The third kappa shape index (κ3) is 3.47. The van der Waals surface area contributed by atoms with Crippen LogP contribution in [0.15, 0.2) is 53.5 Å². The Kier molecular flexibility index (Phi) is 4.89. The van der Waals surface area contributed by atoms with Crippen molar-refractivity contribution < 1.29 is 18.0 Å². The maximum atomic E-state index is 13.5. The van der Waals surface area contributed by atoms with Crippen molar-refractivity contribution in [3.63, 3.8) is 0 Å². The average molecular weight is 414 g/mol. The largest absolute Gasteiger partial charge is 0.418 e. The Balaban J connectivity index is 1.84. The number of benzene rings is 1. The fourth-order valence-corrected chi connectivity index (χ4v) is 3.57. The lowest BCUT2D eigenvalue weighted by atomic mass is 10.1. The van der Waals surface area contributed by atoms with Gasteiger partial charge in [-0.1, -0.05) is 12.1 Å². The van der Waals surface area contributed by atoms with Crippen LogP contribution in [0.5, 0.6) is 0 Å². The van der Waals surface area contributed by atoms with Crippen LogP contribution in [0.1, 0.15) is 33.9 Å². The minimum absolute atomic E-state index is 0.189. The Morgan fingerprint density at radius 1 is 1.10 bits per heavy atom. The molecule has 6 nitrogen and oxygen atoms in total. The molecule has 1 aromatic carbocycles. The van der Waals surface area contributed by atoms with Gasteiger partial charge in [-0.15, -0.1) is 0 Å². The van der Waals surface area contributed by atoms with Crippen LogP contribution in [-0.4, -0.2) is 27.2 Å². The lowest BCUT2D eigenvalue weighted by Crippen LogP contribution is -2.39. The van der Waals surface area contributed by atoms with Gasteiger partial charge in [-0.2, -0.15) is 18.3 Å². The van der Waals surface area contributed by atoms with Crippen LogP contribution < -0.4 is 10.3 Å². The topological polar surface area (TPSA) is 68.1 Å². The minimum atomic E-state index is -4.62. The van der Waals surface area contributed by atoms with Crippen molar-refractivity contribution in [3.05, 3.63) is 81.5 Å². The summed E-state index contributed by atoms with van der Waals surface area (Å²) in [6, 6.07) is 9.44. The van der Waals surface area contributed by atoms with Gasteiger partial charge in [0, 0.05) is 24.5 Å². The van der Waals surface area contributed by atoms with Crippen molar-refractivity contribution >= 4 is 11.6 Å².